The lowest BCUT2D eigenvalue weighted by atomic mass is 10.0. The van der Waals surface area contributed by atoms with Gasteiger partial charge in [0.1, 0.15) is 5.15 Å². The first-order chi connectivity index (χ1) is 8.75. The highest BCUT2D eigenvalue weighted by atomic mass is 35.5. The number of rotatable bonds is 2. The topological polar surface area (TPSA) is 45.8 Å². The van der Waals surface area contributed by atoms with Gasteiger partial charge in [-0.1, -0.05) is 29.8 Å². The Hall–Kier alpha value is -2.13. The molecule has 0 atom stereocenters. The Balaban J connectivity index is 2.09. The maximum atomic E-state index is 12.3. The second-order valence-corrected chi connectivity index (χ2v) is 4.33. The monoisotopic (exact) mass is 256 g/mol. The SMILES string of the molecule is O=C(c1ccc(Cl)nc1)c1c[nH]c2ccccc12. The number of benzene rings is 1. The number of ketones is 1. The summed E-state index contributed by atoms with van der Waals surface area (Å²) >= 11 is 5.71. The zero-order chi connectivity index (χ0) is 12.5. The third-order valence-electron chi connectivity index (χ3n) is 2.82. The zero-order valence-electron chi connectivity index (χ0n) is 9.35. The number of hydrogen-bond acceptors (Lipinski definition) is 2. The molecule has 1 aromatic carbocycles. The molecular weight excluding hydrogens is 248 g/mol. The maximum Gasteiger partial charge on any atom is 0.196 e. The van der Waals surface area contributed by atoms with Gasteiger partial charge in [0.25, 0.3) is 0 Å². The van der Waals surface area contributed by atoms with Gasteiger partial charge in [0.2, 0.25) is 0 Å². The molecule has 0 radical (unpaired) electrons. The molecule has 0 bridgehead atoms. The van der Waals surface area contributed by atoms with Crippen molar-refractivity contribution in [2.24, 2.45) is 0 Å². The Bertz CT molecular complexity index is 716. The Morgan fingerprint density at radius 2 is 2.00 bits per heavy atom. The lowest BCUT2D eigenvalue weighted by molar-refractivity contribution is 0.104. The van der Waals surface area contributed by atoms with Gasteiger partial charge in [0, 0.05) is 34.4 Å². The largest absolute Gasteiger partial charge is 0.360 e. The van der Waals surface area contributed by atoms with Crippen LogP contribution in [0.2, 0.25) is 5.15 Å². The van der Waals surface area contributed by atoms with E-state index in [1.807, 2.05) is 24.3 Å². The molecule has 3 rings (SSSR count). The first-order valence-electron chi connectivity index (χ1n) is 5.48. The van der Waals surface area contributed by atoms with Gasteiger partial charge in [-0.2, -0.15) is 0 Å². The van der Waals surface area contributed by atoms with Gasteiger partial charge in [-0.05, 0) is 18.2 Å². The second-order valence-electron chi connectivity index (χ2n) is 3.95. The predicted octanol–water partition coefficient (Wildman–Crippen LogP) is 3.45. The molecular formula is C14H9ClN2O. The van der Waals surface area contributed by atoms with Crippen LogP contribution in [0.3, 0.4) is 0 Å². The smallest absolute Gasteiger partial charge is 0.196 e. The average molecular weight is 257 g/mol. The van der Waals surface area contributed by atoms with Gasteiger partial charge >= 0.3 is 0 Å². The van der Waals surface area contributed by atoms with Crippen molar-refractivity contribution in [1.29, 1.82) is 0 Å². The van der Waals surface area contributed by atoms with Gasteiger partial charge in [0.15, 0.2) is 5.78 Å². The highest BCUT2D eigenvalue weighted by Gasteiger charge is 2.13. The number of aromatic amines is 1. The fourth-order valence-electron chi connectivity index (χ4n) is 1.93. The van der Waals surface area contributed by atoms with Gasteiger partial charge in [-0.25, -0.2) is 4.98 Å². The van der Waals surface area contributed by atoms with Crippen LogP contribution in [0.5, 0.6) is 0 Å². The van der Waals surface area contributed by atoms with E-state index in [9.17, 15) is 4.79 Å². The fourth-order valence-corrected chi connectivity index (χ4v) is 2.04. The Morgan fingerprint density at radius 3 is 2.78 bits per heavy atom. The minimum atomic E-state index is -0.0587. The first kappa shape index (κ1) is 11.0. The van der Waals surface area contributed by atoms with Gasteiger partial charge in [0.05, 0.1) is 0 Å². The number of nitrogens with one attached hydrogen (secondary N) is 1. The van der Waals surface area contributed by atoms with Crippen LogP contribution in [0.25, 0.3) is 10.9 Å². The molecule has 0 amide bonds. The summed E-state index contributed by atoms with van der Waals surface area (Å²) in [5.74, 6) is -0.0587. The molecule has 1 N–H and O–H groups in total. The molecule has 0 saturated heterocycles. The van der Waals surface area contributed by atoms with E-state index in [0.29, 0.717) is 16.3 Å². The van der Waals surface area contributed by atoms with Crippen molar-refractivity contribution in [3.05, 3.63) is 65.1 Å². The third-order valence-corrected chi connectivity index (χ3v) is 3.05. The molecule has 4 heteroatoms. The summed E-state index contributed by atoms with van der Waals surface area (Å²) < 4.78 is 0. The Kier molecular flexibility index (Phi) is 2.61. The molecule has 0 aliphatic heterocycles. The van der Waals surface area contributed by atoms with E-state index in [0.717, 1.165) is 10.9 Å². The fraction of sp³-hybridized carbons (Fsp3) is 0. The lowest BCUT2D eigenvalue weighted by Gasteiger charge is -1.99. The van der Waals surface area contributed by atoms with Gasteiger partial charge in [-0.15, -0.1) is 0 Å². The van der Waals surface area contributed by atoms with Crippen molar-refractivity contribution >= 4 is 28.3 Å². The summed E-state index contributed by atoms with van der Waals surface area (Å²) in [4.78, 5) is 19.3. The summed E-state index contributed by atoms with van der Waals surface area (Å²) in [5, 5.41) is 1.29. The third kappa shape index (κ3) is 1.79. The highest BCUT2D eigenvalue weighted by molar-refractivity contribution is 6.29. The van der Waals surface area contributed by atoms with E-state index in [1.54, 1.807) is 18.3 Å². The normalized spacial score (nSPS) is 10.7. The Morgan fingerprint density at radius 1 is 1.17 bits per heavy atom. The first-order valence-corrected chi connectivity index (χ1v) is 5.86. The standard InChI is InChI=1S/C14H9ClN2O/c15-13-6-5-9(7-17-13)14(18)11-8-16-12-4-2-1-3-10(11)12/h1-8,16H. The number of H-pyrrole nitrogens is 1. The molecule has 0 spiro atoms. The van der Waals surface area contributed by atoms with Crippen molar-refractivity contribution in [3.8, 4) is 0 Å². The molecule has 88 valence electrons. The Labute approximate surface area is 108 Å². The van der Waals surface area contributed by atoms with E-state index in [2.05, 4.69) is 9.97 Å². The van der Waals surface area contributed by atoms with Crippen molar-refractivity contribution in [3.63, 3.8) is 0 Å². The lowest BCUT2D eigenvalue weighted by Crippen LogP contribution is -2.00. The molecule has 0 saturated carbocycles. The van der Waals surface area contributed by atoms with E-state index >= 15 is 0 Å². The van der Waals surface area contributed by atoms with Crippen LogP contribution in [0.1, 0.15) is 15.9 Å². The summed E-state index contributed by atoms with van der Waals surface area (Å²) in [6.07, 6.45) is 3.22. The van der Waals surface area contributed by atoms with Crippen LogP contribution in [0.15, 0.2) is 48.8 Å². The molecule has 3 nitrogen and oxygen atoms in total. The van der Waals surface area contributed by atoms with Crippen molar-refractivity contribution < 1.29 is 4.79 Å². The summed E-state index contributed by atoms with van der Waals surface area (Å²) in [6, 6.07) is 11.0. The van der Waals surface area contributed by atoms with Crippen LogP contribution in [0.4, 0.5) is 0 Å². The van der Waals surface area contributed by atoms with Gasteiger partial charge in [-0.3, -0.25) is 4.79 Å². The second kappa shape index (κ2) is 4.27. The van der Waals surface area contributed by atoms with Crippen LogP contribution in [-0.4, -0.2) is 15.8 Å². The predicted molar refractivity (Wildman–Crippen MR) is 71.0 cm³/mol. The minimum absolute atomic E-state index is 0.0587. The van der Waals surface area contributed by atoms with Crippen LogP contribution < -0.4 is 0 Å². The van der Waals surface area contributed by atoms with Crippen LogP contribution in [-0.2, 0) is 0 Å². The number of aromatic nitrogens is 2. The quantitative estimate of drug-likeness (QED) is 0.564. The van der Waals surface area contributed by atoms with Gasteiger partial charge < -0.3 is 4.98 Å². The molecule has 3 aromatic rings. The van der Waals surface area contributed by atoms with Crippen molar-refractivity contribution in [2.45, 2.75) is 0 Å². The maximum absolute atomic E-state index is 12.3. The number of carbonyl (C=O) groups excluding carboxylic acids is 1. The number of pyridine rings is 1. The van der Waals surface area contributed by atoms with E-state index in [1.165, 1.54) is 6.20 Å². The van der Waals surface area contributed by atoms with E-state index < -0.39 is 0 Å². The molecule has 0 unspecified atom stereocenters. The number of carbonyl (C=O) groups is 1. The van der Waals surface area contributed by atoms with Crippen LogP contribution >= 0.6 is 11.6 Å². The zero-order valence-corrected chi connectivity index (χ0v) is 10.1. The molecule has 18 heavy (non-hydrogen) atoms. The highest BCUT2D eigenvalue weighted by Crippen LogP contribution is 2.20. The number of nitrogens with zero attached hydrogens (tertiary/aromatic N) is 1. The molecule has 0 fully saturated rings. The van der Waals surface area contributed by atoms with E-state index in [4.69, 9.17) is 11.6 Å². The molecule has 0 aliphatic rings. The number of hydrogen-bond donors (Lipinski definition) is 1. The number of para-hydroxylation sites is 1. The number of fused-ring (bicyclic) bond motifs is 1. The molecule has 2 aromatic heterocycles. The summed E-state index contributed by atoms with van der Waals surface area (Å²) in [5.41, 5.74) is 2.13. The summed E-state index contributed by atoms with van der Waals surface area (Å²) in [6.45, 7) is 0. The summed E-state index contributed by atoms with van der Waals surface area (Å²) in [7, 11) is 0. The van der Waals surface area contributed by atoms with Crippen molar-refractivity contribution in [2.75, 3.05) is 0 Å². The molecule has 0 aliphatic carbocycles. The van der Waals surface area contributed by atoms with Crippen molar-refractivity contribution in [1.82, 2.24) is 9.97 Å². The average Bonchev–Trinajstić information content (AvgIpc) is 2.82. The van der Waals surface area contributed by atoms with Crippen LogP contribution in [0, 0.1) is 0 Å². The minimum Gasteiger partial charge on any atom is -0.360 e. The van der Waals surface area contributed by atoms with E-state index in [-0.39, 0.29) is 5.78 Å². The molecule has 2 heterocycles. The number of halogens is 1.